The van der Waals surface area contributed by atoms with Crippen LogP contribution in [0.5, 0.6) is 5.75 Å². The van der Waals surface area contributed by atoms with Gasteiger partial charge in [0.05, 0.1) is 0 Å². The van der Waals surface area contributed by atoms with Gasteiger partial charge in [-0.3, -0.25) is 4.79 Å². The SMILES string of the molecule is CCCn1nnc(C=O)c1COc1cccc(CC)c1. The topological polar surface area (TPSA) is 57.0 Å². The molecule has 0 amide bonds. The van der Waals surface area contributed by atoms with Crippen LogP contribution in [0.15, 0.2) is 24.3 Å². The summed E-state index contributed by atoms with van der Waals surface area (Å²) in [6, 6.07) is 7.95. The van der Waals surface area contributed by atoms with Crippen molar-refractivity contribution < 1.29 is 9.53 Å². The molecule has 0 spiro atoms. The number of nitrogens with zero attached hydrogens (tertiary/aromatic N) is 3. The molecule has 0 bridgehead atoms. The lowest BCUT2D eigenvalue weighted by atomic mass is 10.2. The largest absolute Gasteiger partial charge is 0.487 e. The van der Waals surface area contributed by atoms with E-state index in [1.165, 1.54) is 5.56 Å². The molecule has 0 N–H and O–H groups in total. The van der Waals surface area contributed by atoms with Gasteiger partial charge in [-0.05, 0) is 30.5 Å². The molecule has 0 saturated heterocycles. The molecule has 2 rings (SSSR count). The first kappa shape index (κ1) is 14.2. The van der Waals surface area contributed by atoms with Gasteiger partial charge in [-0.1, -0.05) is 31.2 Å². The predicted molar refractivity (Wildman–Crippen MR) is 75.9 cm³/mol. The maximum atomic E-state index is 11.0. The summed E-state index contributed by atoms with van der Waals surface area (Å²) in [5.74, 6) is 0.797. The highest BCUT2D eigenvalue weighted by Gasteiger charge is 2.12. The van der Waals surface area contributed by atoms with E-state index >= 15 is 0 Å². The number of carbonyl (C=O) groups excluding carboxylic acids is 1. The molecule has 20 heavy (non-hydrogen) atoms. The molecule has 0 saturated carbocycles. The van der Waals surface area contributed by atoms with E-state index in [9.17, 15) is 4.79 Å². The first-order valence-corrected chi connectivity index (χ1v) is 6.87. The normalized spacial score (nSPS) is 10.5. The Morgan fingerprint density at radius 1 is 1.35 bits per heavy atom. The van der Waals surface area contributed by atoms with Crippen LogP contribution < -0.4 is 4.74 Å². The van der Waals surface area contributed by atoms with Crippen LogP contribution in [-0.4, -0.2) is 21.3 Å². The van der Waals surface area contributed by atoms with Crippen molar-refractivity contribution in [3.05, 3.63) is 41.2 Å². The third kappa shape index (κ3) is 3.23. The molecule has 0 aliphatic carbocycles. The molecule has 2 aromatic rings. The molecule has 106 valence electrons. The minimum absolute atomic E-state index is 0.300. The average Bonchev–Trinajstić information content (AvgIpc) is 2.88. The summed E-state index contributed by atoms with van der Waals surface area (Å²) in [5.41, 5.74) is 2.30. The number of ether oxygens (including phenoxy) is 1. The third-order valence-electron chi connectivity index (χ3n) is 3.10. The first-order chi connectivity index (χ1) is 9.78. The van der Waals surface area contributed by atoms with E-state index in [1.807, 2.05) is 18.2 Å². The maximum absolute atomic E-state index is 11.0. The smallest absolute Gasteiger partial charge is 0.172 e. The molecule has 0 aliphatic rings. The Morgan fingerprint density at radius 3 is 2.90 bits per heavy atom. The summed E-state index contributed by atoms with van der Waals surface area (Å²) in [6.45, 7) is 5.18. The van der Waals surface area contributed by atoms with E-state index in [4.69, 9.17) is 4.74 Å². The number of aromatic nitrogens is 3. The van der Waals surface area contributed by atoms with Crippen LogP contribution in [0.25, 0.3) is 0 Å². The second kappa shape index (κ2) is 6.84. The van der Waals surface area contributed by atoms with Gasteiger partial charge in [-0.25, -0.2) is 4.68 Å². The molecule has 1 aromatic carbocycles. The molecule has 0 fully saturated rings. The zero-order valence-electron chi connectivity index (χ0n) is 11.9. The van der Waals surface area contributed by atoms with Gasteiger partial charge in [0.1, 0.15) is 18.1 Å². The van der Waals surface area contributed by atoms with Crippen molar-refractivity contribution >= 4 is 6.29 Å². The van der Waals surface area contributed by atoms with Gasteiger partial charge in [-0.2, -0.15) is 0 Å². The third-order valence-corrected chi connectivity index (χ3v) is 3.10. The number of hydrogen-bond donors (Lipinski definition) is 0. The highest BCUT2D eigenvalue weighted by molar-refractivity contribution is 5.73. The van der Waals surface area contributed by atoms with Gasteiger partial charge in [0, 0.05) is 6.54 Å². The van der Waals surface area contributed by atoms with E-state index in [2.05, 4.69) is 30.2 Å². The summed E-state index contributed by atoms with van der Waals surface area (Å²) >= 11 is 0. The molecular formula is C15H19N3O2. The average molecular weight is 273 g/mol. The summed E-state index contributed by atoms with van der Waals surface area (Å²) in [7, 11) is 0. The second-order valence-corrected chi connectivity index (χ2v) is 4.55. The van der Waals surface area contributed by atoms with Crippen LogP contribution in [0.3, 0.4) is 0 Å². The van der Waals surface area contributed by atoms with Gasteiger partial charge in [0.2, 0.25) is 0 Å². The lowest BCUT2D eigenvalue weighted by molar-refractivity contribution is 0.111. The van der Waals surface area contributed by atoms with Crippen LogP contribution in [0.2, 0.25) is 0 Å². The predicted octanol–water partition coefficient (Wildman–Crippen LogP) is 2.64. The fourth-order valence-corrected chi connectivity index (χ4v) is 1.98. The molecule has 5 nitrogen and oxygen atoms in total. The highest BCUT2D eigenvalue weighted by atomic mass is 16.5. The quantitative estimate of drug-likeness (QED) is 0.728. The monoisotopic (exact) mass is 273 g/mol. The number of hydrogen-bond acceptors (Lipinski definition) is 4. The summed E-state index contributed by atoms with van der Waals surface area (Å²) < 4.78 is 7.49. The zero-order valence-corrected chi connectivity index (χ0v) is 11.9. The molecule has 0 unspecified atom stereocenters. The van der Waals surface area contributed by atoms with Crippen molar-refractivity contribution in [3.8, 4) is 5.75 Å². The van der Waals surface area contributed by atoms with Crippen molar-refractivity contribution in [2.24, 2.45) is 0 Å². The Morgan fingerprint density at radius 2 is 2.20 bits per heavy atom. The Kier molecular flexibility index (Phi) is 4.87. The van der Waals surface area contributed by atoms with Crippen molar-refractivity contribution in [1.82, 2.24) is 15.0 Å². The minimum atomic E-state index is 0.300. The van der Waals surface area contributed by atoms with E-state index < -0.39 is 0 Å². The lowest BCUT2D eigenvalue weighted by Crippen LogP contribution is -2.09. The summed E-state index contributed by atoms with van der Waals surface area (Å²) in [5, 5.41) is 7.84. The van der Waals surface area contributed by atoms with Gasteiger partial charge in [-0.15, -0.1) is 5.10 Å². The van der Waals surface area contributed by atoms with Gasteiger partial charge < -0.3 is 4.74 Å². The van der Waals surface area contributed by atoms with Crippen molar-refractivity contribution in [3.63, 3.8) is 0 Å². The molecule has 0 aliphatic heterocycles. The van der Waals surface area contributed by atoms with Gasteiger partial charge in [0.25, 0.3) is 0 Å². The Labute approximate surface area is 118 Å². The van der Waals surface area contributed by atoms with Crippen molar-refractivity contribution in [1.29, 1.82) is 0 Å². The minimum Gasteiger partial charge on any atom is -0.487 e. The van der Waals surface area contributed by atoms with Gasteiger partial charge >= 0.3 is 0 Å². The van der Waals surface area contributed by atoms with Crippen molar-refractivity contribution in [2.75, 3.05) is 0 Å². The Hall–Kier alpha value is -2.17. The highest BCUT2D eigenvalue weighted by Crippen LogP contribution is 2.16. The van der Waals surface area contributed by atoms with Crippen LogP contribution in [0.1, 0.15) is 42.0 Å². The number of aldehydes is 1. The standard InChI is InChI=1S/C15H19N3O2/c1-3-8-18-15(14(10-19)16-17-18)11-20-13-7-5-6-12(4-2)9-13/h5-7,9-10H,3-4,8,11H2,1-2H3. The van der Waals surface area contributed by atoms with E-state index in [1.54, 1.807) is 4.68 Å². The first-order valence-electron chi connectivity index (χ1n) is 6.87. The van der Waals surface area contributed by atoms with Crippen molar-refractivity contribution in [2.45, 2.75) is 39.8 Å². The molecule has 1 heterocycles. The molecular weight excluding hydrogens is 254 g/mol. The van der Waals surface area contributed by atoms with Crippen LogP contribution in [0.4, 0.5) is 0 Å². The fourth-order valence-electron chi connectivity index (χ4n) is 1.98. The summed E-state index contributed by atoms with van der Waals surface area (Å²) in [4.78, 5) is 11.0. The number of rotatable bonds is 7. The second-order valence-electron chi connectivity index (χ2n) is 4.55. The molecule has 0 radical (unpaired) electrons. The van der Waals surface area contributed by atoms with Crippen LogP contribution >= 0.6 is 0 Å². The van der Waals surface area contributed by atoms with E-state index in [-0.39, 0.29) is 0 Å². The number of benzene rings is 1. The Bertz CT molecular complexity index is 578. The van der Waals surface area contributed by atoms with Crippen LogP contribution in [-0.2, 0) is 19.6 Å². The zero-order chi connectivity index (χ0) is 14.4. The fraction of sp³-hybridized carbons (Fsp3) is 0.400. The maximum Gasteiger partial charge on any atom is 0.172 e. The van der Waals surface area contributed by atoms with E-state index in [0.29, 0.717) is 12.3 Å². The summed E-state index contributed by atoms with van der Waals surface area (Å²) in [6.07, 6.45) is 2.62. The van der Waals surface area contributed by atoms with Gasteiger partial charge in [0.15, 0.2) is 12.0 Å². The molecule has 0 atom stereocenters. The lowest BCUT2D eigenvalue weighted by Gasteiger charge is -2.09. The Balaban J connectivity index is 2.13. The number of aryl methyl sites for hydroxylation is 2. The van der Waals surface area contributed by atoms with Crippen LogP contribution in [0, 0.1) is 0 Å². The molecule has 5 heteroatoms. The molecule has 1 aromatic heterocycles. The number of carbonyl (C=O) groups is 1. The van der Waals surface area contributed by atoms with E-state index in [0.717, 1.165) is 37.1 Å².